The normalized spacial score (nSPS) is 16.8. The molecule has 7 heteroatoms. The van der Waals surface area contributed by atoms with Gasteiger partial charge in [-0.15, -0.1) is 0 Å². The van der Waals surface area contributed by atoms with Crippen LogP contribution in [0.3, 0.4) is 0 Å². The summed E-state index contributed by atoms with van der Waals surface area (Å²) in [5.74, 6) is 1.32. The molecule has 6 nitrogen and oxygen atoms in total. The number of urea groups is 1. The molecule has 1 fully saturated rings. The zero-order valence-electron chi connectivity index (χ0n) is 18.0. The van der Waals surface area contributed by atoms with Crippen LogP contribution in [-0.4, -0.2) is 35.3 Å². The van der Waals surface area contributed by atoms with Gasteiger partial charge in [0.05, 0.1) is 11.4 Å². The molecule has 33 heavy (non-hydrogen) atoms. The zero-order chi connectivity index (χ0) is 22.7. The number of oxime groups is 1. The third-order valence-corrected chi connectivity index (χ3v) is 6.33. The van der Waals surface area contributed by atoms with Gasteiger partial charge in [0.2, 0.25) is 0 Å². The minimum Gasteiger partial charge on any atom is -0.455 e. The number of likely N-dealkylation sites (tertiary alicyclic amines) is 1. The van der Waals surface area contributed by atoms with Crippen molar-refractivity contribution in [3.8, 4) is 11.5 Å². The van der Waals surface area contributed by atoms with Crippen molar-refractivity contribution >= 4 is 29.0 Å². The maximum absolute atomic E-state index is 13.0. The molecule has 0 bridgehead atoms. The first kappa shape index (κ1) is 21.3. The second-order valence-corrected chi connectivity index (χ2v) is 8.76. The third kappa shape index (κ3) is 4.81. The lowest BCUT2D eigenvalue weighted by molar-refractivity contribution is -0.0544. The number of piperidine rings is 1. The molecule has 3 aromatic carbocycles. The summed E-state index contributed by atoms with van der Waals surface area (Å²) in [5.41, 5.74) is 2.24. The topological polar surface area (TPSA) is 63.2 Å². The third-order valence-electron chi connectivity index (χ3n) is 6.08. The van der Waals surface area contributed by atoms with E-state index in [1.165, 1.54) is 0 Å². The van der Waals surface area contributed by atoms with Crippen LogP contribution < -0.4 is 10.1 Å². The molecule has 0 aliphatic carbocycles. The monoisotopic (exact) mass is 461 g/mol. The largest absolute Gasteiger partial charge is 0.455 e. The molecule has 2 amide bonds. The van der Waals surface area contributed by atoms with Crippen molar-refractivity contribution in [2.45, 2.75) is 24.9 Å². The van der Waals surface area contributed by atoms with Crippen LogP contribution in [0.2, 0.25) is 5.02 Å². The van der Waals surface area contributed by atoms with Gasteiger partial charge in [-0.3, -0.25) is 0 Å². The Morgan fingerprint density at radius 3 is 2.42 bits per heavy atom. The fraction of sp³-hybridized carbons (Fsp3) is 0.231. The van der Waals surface area contributed by atoms with Gasteiger partial charge in [0.15, 0.2) is 5.75 Å². The highest BCUT2D eigenvalue weighted by Gasteiger charge is 2.43. The number of carbonyl (C=O) groups is 1. The summed E-state index contributed by atoms with van der Waals surface area (Å²) in [6, 6.07) is 24.4. The quantitative estimate of drug-likeness (QED) is 0.494. The summed E-state index contributed by atoms with van der Waals surface area (Å²) in [6.07, 6.45) is 2.18. The van der Waals surface area contributed by atoms with E-state index < -0.39 is 0 Å². The van der Waals surface area contributed by atoms with Crippen molar-refractivity contribution in [3.63, 3.8) is 0 Å². The number of nitrogens with zero attached hydrogens (tertiary/aromatic N) is 2. The highest BCUT2D eigenvalue weighted by atomic mass is 35.5. The number of hydrogen-bond acceptors (Lipinski definition) is 4. The Morgan fingerprint density at radius 2 is 1.67 bits per heavy atom. The summed E-state index contributed by atoms with van der Waals surface area (Å²) >= 11 is 5.99. The van der Waals surface area contributed by atoms with E-state index >= 15 is 0 Å². The van der Waals surface area contributed by atoms with Gasteiger partial charge in [0, 0.05) is 37.4 Å². The molecule has 168 valence electrons. The van der Waals surface area contributed by atoms with Crippen LogP contribution in [-0.2, 0) is 4.84 Å². The molecule has 0 atom stereocenters. The lowest BCUT2D eigenvalue weighted by Gasteiger charge is -2.37. The number of halogens is 1. The maximum atomic E-state index is 13.0. The number of nitrogens with one attached hydrogen (secondary N) is 1. The van der Waals surface area contributed by atoms with Gasteiger partial charge in [0.25, 0.3) is 0 Å². The SMILES string of the molecule is O=C(Nc1ccccc1Oc1ccccc1)N1CCC2(CC1)CC(c1ccc(Cl)cc1)=NO2. The molecule has 0 radical (unpaired) electrons. The summed E-state index contributed by atoms with van der Waals surface area (Å²) in [4.78, 5) is 20.7. The van der Waals surface area contributed by atoms with Crippen molar-refractivity contribution in [2.24, 2.45) is 5.16 Å². The molecule has 2 aliphatic heterocycles. The standard InChI is InChI=1S/C26H24ClN3O3/c27-20-12-10-19(11-13-20)23-18-26(33-29-23)14-16-30(17-15-26)25(31)28-22-8-4-5-9-24(22)32-21-6-2-1-3-7-21/h1-13H,14-18H2,(H,28,31). The van der Waals surface area contributed by atoms with Crippen LogP contribution in [0.25, 0.3) is 0 Å². The van der Waals surface area contributed by atoms with Crippen molar-refractivity contribution < 1.29 is 14.4 Å². The number of amides is 2. The van der Waals surface area contributed by atoms with Crippen LogP contribution in [0.1, 0.15) is 24.8 Å². The van der Waals surface area contributed by atoms with E-state index in [1.807, 2.05) is 83.8 Å². The van der Waals surface area contributed by atoms with E-state index in [0.717, 1.165) is 30.5 Å². The maximum Gasteiger partial charge on any atom is 0.321 e. The molecule has 1 saturated heterocycles. The van der Waals surface area contributed by atoms with Crippen molar-refractivity contribution in [3.05, 3.63) is 89.4 Å². The van der Waals surface area contributed by atoms with Crippen LogP contribution >= 0.6 is 11.6 Å². The number of rotatable bonds is 4. The van der Waals surface area contributed by atoms with Crippen LogP contribution in [0, 0.1) is 0 Å². The highest BCUT2D eigenvalue weighted by Crippen LogP contribution is 2.37. The Labute approximate surface area is 197 Å². The lowest BCUT2D eigenvalue weighted by Crippen LogP contribution is -2.48. The molecule has 2 heterocycles. The Bertz CT molecular complexity index is 1160. The molecule has 0 unspecified atom stereocenters. The summed E-state index contributed by atoms with van der Waals surface area (Å²) in [5, 5.41) is 8.04. The average Bonchev–Trinajstić information content (AvgIpc) is 3.25. The van der Waals surface area contributed by atoms with Crippen LogP contribution in [0.15, 0.2) is 84.0 Å². The summed E-state index contributed by atoms with van der Waals surface area (Å²) in [7, 11) is 0. The molecule has 0 saturated carbocycles. The number of benzene rings is 3. The number of carbonyl (C=O) groups excluding carboxylic acids is 1. The fourth-order valence-corrected chi connectivity index (χ4v) is 4.30. The van der Waals surface area contributed by atoms with Crippen LogP contribution in [0.4, 0.5) is 10.5 Å². The molecule has 2 aliphatic rings. The number of para-hydroxylation sites is 3. The predicted molar refractivity (Wildman–Crippen MR) is 129 cm³/mol. The summed E-state index contributed by atoms with van der Waals surface area (Å²) in [6.45, 7) is 1.19. The molecular weight excluding hydrogens is 438 g/mol. The highest BCUT2D eigenvalue weighted by molar-refractivity contribution is 6.30. The summed E-state index contributed by atoms with van der Waals surface area (Å²) < 4.78 is 5.96. The van der Waals surface area contributed by atoms with E-state index in [2.05, 4.69) is 10.5 Å². The van der Waals surface area contributed by atoms with Gasteiger partial charge < -0.3 is 19.8 Å². The average molecular weight is 462 g/mol. The van der Waals surface area contributed by atoms with E-state index in [1.54, 1.807) is 0 Å². The van der Waals surface area contributed by atoms with Gasteiger partial charge in [0.1, 0.15) is 11.4 Å². The Hall–Kier alpha value is -3.51. The van der Waals surface area contributed by atoms with E-state index in [4.69, 9.17) is 21.2 Å². The molecule has 1 N–H and O–H groups in total. The van der Waals surface area contributed by atoms with Crippen molar-refractivity contribution in [1.29, 1.82) is 0 Å². The Kier molecular flexibility index (Phi) is 5.92. The van der Waals surface area contributed by atoms with Crippen molar-refractivity contribution in [1.82, 2.24) is 4.90 Å². The van der Waals surface area contributed by atoms with Gasteiger partial charge in [-0.25, -0.2) is 4.79 Å². The van der Waals surface area contributed by atoms with Crippen LogP contribution in [0.5, 0.6) is 11.5 Å². The Balaban J connectivity index is 1.19. The number of hydrogen-bond donors (Lipinski definition) is 1. The fourth-order valence-electron chi connectivity index (χ4n) is 4.17. The van der Waals surface area contributed by atoms with E-state index in [9.17, 15) is 4.79 Å². The predicted octanol–water partition coefficient (Wildman–Crippen LogP) is 6.32. The molecular formula is C26H24ClN3O3. The second-order valence-electron chi connectivity index (χ2n) is 8.32. The van der Waals surface area contributed by atoms with E-state index in [0.29, 0.717) is 35.3 Å². The number of ether oxygens (including phenoxy) is 1. The first-order valence-corrected chi connectivity index (χ1v) is 11.4. The lowest BCUT2D eigenvalue weighted by atomic mass is 9.85. The number of anilines is 1. The van der Waals surface area contributed by atoms with Crippen molar-refractivity contribution in [2.75, 3.05) is 18.4 Å². The zero-order valence-corrected chi connectivity index (χ0v) is 18.8. The minimum absolute atomic E-state index is 0.147. The molecule has 0 aromatic heterocycles. The van der Waals surface area contributed by atoms with Gasteiger partial charge in [-0.1, -0.05) is 59.2 Å². The minimum atomic E-state index is -0.347. The first-order valence-electron chi connectivity index (χ1n) is 11.0. The second kappa shape index (κ2) is 9.16. The molecule has 1 spiro atoms. The smallest absolute Gasteiger partial charge is 0.321 e. The van der Waals surface area contributed by atoms with Gasteiger partial charge in [-0.2, -0.15) is 0 Å². The van der Waals surface area contributed by atoms with E-state index in [-0.39, 0.29) is 11.6 Å². The van der Waals surface area contributed by atoms with Gasteiger partial charge >= 0.3 is 6.03 Å². The van der Waals surface area contributed by atoms with Gasteiger partial charge in [-0.05, 0) is 42.0 Å². The molecule has 3 aromatic rings. The first-order chi connectivity index (χ1) is 16.1. The Morgan fingerprint density at radius 1 is 0.970 bits per heavy atom. The molecule has 5 rings (SSSR count).